The van der Waals surface area contributed by atoms with Crippen molar-refractivity contribution >= 4 is 33.2 Å². The molecule has 0 radical (unpaired) electrons. The minimum absolute atomic E-state index is 0.118. The quantitative estimate of drug-likeness (QED) is 0.706. The molecule has 0 aliphatic carbocycles. The highest BCUT2D eigenvalue weighted by Crippen LogP contribution is 2.22. The monoisotopic (exact) mass is 335 g/mol. The molecule has 0 unspecified atom stereocenters. The van der Waals surface area contributed by atoms with Crippen molar-refractivity contribution in [1.82, 2.24) is 15.0 Å². The third kappa shape index (κ3) is 3.99. The first-order valence-electron chi connectivity index (χ1n) is 5.89. The third-order valence-electron chi connectivity index (χ3n) is 2.70. The van der Waals surface area contributed by atoms with E-state index in [1.54, 1.807) is 13.8 Å². The standard InChI is InChI=1S/C11H17N3O5S2/c1-11(2,10(16)12-3)5-14-21(17,18)9-7(8(15)19-4)13-6-20-9/h6,14H,5H2,1-4H3,(H,12,16). The highest BCUT2D eigenvalue weighted by atomic mass is 32.2. The van der Waals surface area contributed by atoms with Gasteiger partial charge in [0.05, 0.1) is 18.0 Å². The SMILES string of the molecule is CNC(=O)C(C)(C)CNS(=O)(=O)c1scnc1C(=O)OC. The van der Waals surface area contributed by atoms with Gasteiger partial charge in [-0.3, -0.25) is 4.79 Å². The second-order valence-electron chi connectivity index (χ2n) is 4.77. The summed E-state index contributed by atoms with van der Waals surface area (Å²) < 4.78 is 31.0. The Labute approximate surface area is 127 Å². The first-order valence-corrected chi connectivity index (χ1v) is 8.25. The van der Waals surface area contributed by atoms with E-state index in [9.17, 15) is 18.0 Å². The van der Waals surface area contributed by atoms with Crippen LogP contribution in [0, 0.1) is 5.41 Å². The van der Waals surface area contributed by atoms with Crippen molar-refractivity contribution in [1.29, 1.82) is 0 Å². The number of hydrogen-bond acceptors (Lipinski definition) is 7. The molecule has 0 saturated carbocycles. The molecular formula is C11H17N3O5S2. The second-order valence-corrected chi connectivity index (χ2v) is 7.58. The van der Waals surface area contributed by atoms with Gasteiger partial charge in [0, 0.05) is 13.6 Å². The fourth-order valence-corrected chi connectivity index (χ4v) is 3.81. The molecule has 1 rings (SSSR count). The fraction of sp³-hybridized carbons (Fsp3) is 0.545. The number of aromatic nitrogens is 1. The van der Waals surface area contributed by atoms with Crippen molar-refractivity contribution in [3.05, 3.63) is 11.2 Å². The van der Waals surface area contributed by atoms with E-state index >= 15 is 0 Å². The van der Waals surface area contributed by atoms with Crippen LogP contribution < -0.4 is 10.0 Å². The van der Waals surface area contributed by atoms with Crippen LogP contribution in [0.5, 0.6) is 0 Å². The number of rotatable bonds is 6. The molecule has 2 N–H and O–H groups in total. The molecule has 21 heavy (non-hydrogen) atoms. The molecule has 0 spiro atoms. The van der Waals surface area contributed by atoms with E-state index in [2.05, 4.69) is 19.8 Å². The number of carbonyl (C=O) groups is 2. The predicted octanol–water partition coefficient (Wildman–Crippen LogP) is -0.0198. The van der Waals surface area contributed by atoms with Gasteiger partial charge in [0.1, 0.15) is 0 Å². The Kier molecular flexibility index (Phi) is 5.42. The fourth-order valence-electron chi connectivity index (χ4n) is 1.42. The Morgan fingerprint density at radius 2 is 2.05 bits per heavy atom. The molecule has 0 aliphatic heterocycles. The minimum atomic E-state index is -3.95. The summed E-state index contributed by atoms with van der Waals surface area (Å²) in [6.07, 6.45) is 0. The Morgan fingerprint density at radius 1 is 1.43 bits per heavy atom. The summed E-state index contributed by atoms with van der Waals surface area (Å²) in [5.74, 6) is -1.13. The van der Waals surface area contributed by atoms with Gasteiger partial charge in [0.25, 0.3) is 10.0 Å². The van der Waals surface area contributed by atoms with E-state index in [1.807, 2.05) is 0 Å². The lowest BCUT2D eigenvalue weighted by atomic mass is 9.93. The van der Waals surface area contributed by atoms with Gasteiger partial charge in [-0.1, -0.05) is 0 Å². The summed E-state index contributed by atoms with van der Waals surface area (Å²) in [4.78, 5) is 26.8. The smallest absolute Gasteiger partial charge is 0.358 e. The number of hydrogen-bond donors (Lipinski definition) is 2. The zero-order chi connectivity index (χ0) is 16.3. The maximum Gasteiger partial charge on any atom is 0.358 e. The number of nitrogens with one attached hydrogen (secondary N) is 2. The summed E-state index contributed by atoms with van der Waals surface area (Å²) >= 11 is 0.802. The molecule has 8 nitrogen and oxygen atoms in total. The van der Waals surface area contributed by atoms with E-state index in [4.69, 9.17) is 0 Å². The number of thiazole rings is 1. The molecule has 1 aromatic rings. The third-order valence-corrected chi connectivity index (χ3v) is 5.47. The summed E-state index contributed by atoms with van der Waals surface area (Å²) in [6, 6.07) is 0. The minimum Gasteiger partial charge on any atom is -0.464 e. The zero-order valence-electron chi connectivity index (χ0n) is 12.1. The highest BCUT2D eigenvalue weighted by Gasteiger charge is 2.31. The molecule has 1 heterocycles. The van der Waals surface area contributed by atoms with Crippen LogP contribution in [0.1, 0.15) is 24.3 Å². The van der Waals surface area contributed by atoms with Gasteiger partial charge in [0.15, 0.2) is 9.90 Å². The molecule has 0 fully saturated rings. The summed E-state index contributed by atoms with van der Waals surface area (Å²) in [7, 11) is -1.34. The molecule has 1 aromatic heterocycles. The van der Waals surface area contributed by atoms with Gasteiger partial charge >= 0.3 is 5.97 Å². The Bertz CT molecular complexity index is 636. The van der Waals surface area contributed by atoms with Crippen molar-refractivity contribution in [2.75, 3.05) is 20.7 Å². The second kappa shape index (κ2) is 6.50. The van der Waals surface area contributed by atoms with Crippen LogP contribution in [-0.4, -0.2) is 46.0 Å². The van der Waals surface area contributed by atoms with Gasteiger partial charge < -0.3 is 10.1 Å². The topological polar surface area (TPSA) is 114 Å². The van der Waals surface area contributed by atoms with Gasteiger partial charge in [-0.15, -0.1) is 11.3 Å². The molecule has 1 amide bonds. The largest absolute Gasteiger partial charge is 0.464 e. The number of nitrogens with zero attached hydrogens (tertiary/aromatic N) is 1. The molecule has 0 aliphatic rings. The number of amides is 1. The van der Waals surface area contributed by atoms with E-state index < -0.39 is 21.4 Å². The molecule has 10 heteroatoms. The average molecular weight is 335 g/mol. The number of carbonyl (C=O) groups excluding carboxylic acids is 2. The maximum absolute atomic E-state index is 12.2. The van der Waals surface area contributed by atoms with Crippen LogP contribution in [0.25, 0.3) is 0 Å². The van der Waals surface area contributed by atoms with E-state index in [1.165, 1.54) is 12.6 Å². The summed E-state index contributed by atoms with van der Waals surface area (Å²) in [6.45, 7) is 3.08. The summed E-state index contributed by atoms with van der Waals surface area (Å²) in [5, 5.41) is 2.46. The van der Waals surface area contributed by atoms with E-state index in [0.717, 1.165) is 18.4 Å². The van der Waals surface area contributed by atoms with Crippen molar-refractivity contribution < 1.29 is 22.7 Å². The molecule has 0 aromatic carbocycles. The Balaban J connectivity index is 2.96. The lowest BCUT2D eigenvalue weighted by Gasteiger charge is -2.22. The van der Waals surface area contributed by atoms with Crippen molar-refractivity contribution in [3.63, 3.8) is 0 Å². The van der Waals surface area contributed by atoms with Gasteiger partial charge in [-0.05, 0) is 13.8 Å². The normalized spacial score (nSPS) is 12.0. The number of esters is 1. The van der Waals surface area contributed by atoms with Crippen LogP contribution in [0.15, 0.2) is 9.72 Å². The van der Waals surface area contributed by atoms with E-state index in [-0.39, 0.29) is 22.4 Å². The molecule has 0 saturated heterocycles. The average Bonchev–Trinajstić information content (AvgIpc) is 2.93. The van der Waals surface area contributed by atoms with Crippen LogP contribution in [-0.2, 0) is 19.6 Å². The molecule has 118 valence electrons. The number of sulfonamides is 1. The number of methoxy groups -OCH3 is 1. The van der Waals surface area contributed by atoms with E-state index in [0.29, 0.717) is 0 Å². The van der Waals surface area contributed by atoms with Crippen LogP contribution in [0.4, 0.5) is 0 Å². The number of ether oxygens (including phenoxy) is 1. The maximum atomic E-state index is 12.2. The first-order chi connectivity index (χ1) is 9.65. The van der Waals surface area contributed by atoms with Crippen molar-refractivity contribution in [2.24, 2.45) is 5.41 Å². The Hall–Kier alpha value is -1.52. The Morgan fingerprint density at radius 3 is 2.57 bits per heavy atom. The van der Waals surface area contributed by atoms with Gasteiger partial charge in [0.2, 0.25) is 5.91 Å². The molecular weight excluding hydrogens is 318 g/mol. The summed E-state index contributed by atoms with van der Waals surface area (Å²) in [5.41, 5.74) is 0.0376. The van der Waals surface area contributed by atoms with Crippen LogP contribution in [0.3, 0.4) is 0 Å². The predicted molar refractivity (Wildman–Crippen MR) is 76.5 cm³/mol. The lowest BCUT2D eigenvalue weighted by molar-refractivity contribution is -0.128. The molecule has 0 atom stereocenters. The van der Waals surface area contributed by atoms with Crippen molar-refractivity contribution in [3.8, 4) is 0 Å². The van der Waals surface area contributed by atoms with Gasteiger partial charge in [-0.25, -0.2) is 22.9 Å². The lowest BCUT2D eigenvalue weighted by Crippen LogP contribution is -2.43. The zero-order valence-corrected chi connectivity index (χ0v) is 13.7. The molecule has 0 bridgehead atoms. The van der Waals surface area contributed by atoms with Crippen molar-refractivity contribution in [2.45, 2.75) is 18.1 Å². The van der Waals surface area contributed by atoms with Gasteiger partial charge in [-0.2, -0.15) is 0 Å². The van der Waals surface area contributed by atoms with Crippen LogP contribution in [0.2, 0.25) is 0 Å². The first kappa shape index (κ1) is 17.5. The highest BCUT2D eigenvalue weighted by molar-refractivity contribution is 7.91. The van der Waals surface area contributed by atoms with Crippen LogP contribution >= 0.6 is 11.3 Å².